The summed E-state index contributed by atoms with van der Waals surface area (Å²) in [5.74, 6) is 0.421. The summed E-state index contributed by atoms with van der Waals surface area (Å²) < 4.78 is 29.3. The number of benzene rings is 1. The number of hydrogen-bond acceptors (Lipinski definition) is 6. The number of unbranched alkanes of at least 4 members (excludes halogenated alkanes) is 1. The summed E-state index contributed by atoms with van der Waals surface area (Å²) in [5.41, 5.74) is 9.85. The van der Waals surface area contributed by atoms with Gasteiger partial charge in [-0.05, 0) is 50.5 Å². The number of fused-ring (bicyclic) bond motifs is 1. The van der Waals surface area contributed by atoms with Crippen molar-refractivity contribution in [1.82, 2.24) is 19.3 Å². The van der Waals surface area contributed by atoms with Crippen LogP contribution in [0.5, 0.6) is 0 Å². The van der Waals surface area contributed by atoms with Crippen LogP contribution in [0.25, 0.3) is 11.0 Å². The molecule has 3 aromatic rings. The summed E-state index contributed by atoms with van der Waals surface area (Å²) >= 11 is 0. The molecule has 0 fully saturated rings. The quantitative estimate of drug-likeness (QED) is 0.588. The standard InChI is InChI=1S/C19H22N6O2S/c1-13-14(2)24-19(21)17-18(13)25(12-22-17)9-4-3-8-23-28(26,27)16-7-5-6-15(10-16)11-20/h5-7,10,12,23H,3-4,8-9H2,1-2H3,(H2,21,24). The topological polar surface area (TPSA) is 127 Å². The van der Waals surface area contributed by atoms with Gasteiger partial charge in [-0.15, -0.1) is 0 Å². The van der Waals surface area contributed by atoms with Gasteiger partial charge in [-0.1, -0.05) is 6.07 Å². The number of hydrogen-bond donors (Lipinski definition) is 2. The minimum atomic E-state index is -3.62. The molecule has 0 aliphatic rings. The number of nitrogens with zero attached hydrogens (tertiary/aromatic N) is 4. The van der Waals surface area contributed by atoms with Gasteiger partial charge in [-0.25, -0.2) is 23.1 Å². The number of aryl methyl sites for hydroxylation is 3. The fourth-order valence-corrected chi connectivity index (χ4v) is 4.17. The zero-order valence-electron chi connectivity index (χ0n) is 15.8. The van der Waals surface area contributed by atoms with Gasteiger partial charge in [0.2, 0.25) is 10.0 Å². The fraction of sp³-hybridized carbons (Fsp3) is 0.316. The minimum Gasteiger partial charge on any atom is -0.382 e. The summed E-state index contributed by atoms with van der Waals surface area (Å²) in [6, 6.07) is 7.91. The third-order valence-electron chi connectivity index (χ3n) is 4.66. The second-order valence-corrected chi connectivity index (χ2v) is 8.35. The number of aromatic nitrogens is 3. The van der Waals surface area contributed by atoms with E-state index < -0.39 is 10.0 Å². The van der Waals surface area contributed by atoms with E-state index in [1.807, 2.05) is 24.5 Å². The molecule has 0 radical (unpaired) electrons. The number of nitrogens with one attached hydrogen (secondary N) is 1. The number of rotatable bonds is 7. The van der Waals surface area contributed by atoms with Crippen LogP contribution in [0.15, 0.2) is 35.5 Å². The number of nitriles is 1. The molecule has 0 saturated carbocycles. The molecule has 0 amide bonds. The molecule has 0 aliphatic heterocycles. The first kappa shape index (κ1) is 19.8. The SMILES string of the molecule is Cc1nc(N)c2ncn(CCCCNS(=O)(=O)c3cccc(C#N)c3)c2c1C. The summed E-state index contributed by atoms with van der Waals surface area (Å²) in [5, 5.41) is 8.91. The van der Waals surface area contributed by atoms with Crippen LogP contribution in [0.1, 0.15) is 29.7 Å². The van der Waals surface area contributed by atoms with Crippen molar-refractivity contribution in [3.05, 3.63) is 47.4 Å². The Morgan fingerprint density at radius 1 is 1.29 bits per heavy atom. The van der Waals surface area contributed by atoms with Gasteiger partial charge in [0.25, 0.3) is 0 Å². The van der Waals surface area contributed by atoms with E-state index >= 15 is 0 Å². The number of sulfonamides is 1. The first-order valence-corrected chi connectivity index (χ1v) is 10.4. The van der Waals surface area contributed by atoms with Crippen LogP contribution >= 0.6 is 0 Å². The molecule has 2 heterocycles. The van der Waals surface area contributed by atoms with Crippen LogP contribution in [-0.4, -0.2) is 29.5 Å². The lowest BCUT2D eigenvalue weighted by Gasteiger charge is -2.10. The predicted molar refractivity (Wildman–Crippen MR) is 107 cm³/mol. The van der Waals surface area contributed by atoms with Crippen molar-refractivity contribution in [2.75, 3.05) is 12.3 Å². The van der Waals surface area contributed by atoms with Crippen molar-refractivity contribution in [2.24, 2.45) is 0 Å². The fourth-order valence-electron chi connectivity index (χ4n) is 3.05. The van der Waals surface area contributed by atoms with Gasteiger partial charge < -0.3 is 10.3 Å². The number of nitrogen functional groups attached to an aromatic ring is 1. The second kappa shape index (κ2) is 7.96. The van der Waals surface area contributed by atoms with Crippen LogP contribution in [0.3, 0.4) is 0 Å². The first-order chi connectivity index (χ1) is 13.3. The Labute approximate surface area is 164 Å². The van der Waals surface area contributed by atoms with Crippen LogP contribution in [0.2, 0.25) is 0 Å². The maximum absolute atomic E-state index is 12.3. The maximum atomic E-state index is 12.3. The van der Waals surface area contributed by atoms with E-state index in [1.165, 1.54) is 12.1 Å². The highest BCUT2D eigenvalue weighted by molar-refractivity contribution is 7.89. The van der Waals surface area contributed by atoms with Crippen molar-refractivity contribution in [1.29, 1.82) is 5.26 Å². The largest absolute Gasteiger partial charge is 0.382 e. The molecular formula is C19H22N6O2S. The van der Waals surface area contributed by atoms with Crippen LogP contribution < -0.4 is 10.5 Å². The van der Waals surface area contributed by atoms with E-state index in [4.69, 9.17) is 11.0 Å². The molecule has 0 atom stereocenters. The zero-order chi connectivity index (χ0) is 20.3. The molecule has 3 rings (SSSR count). The molecule has 1 aromatic carbocycles. The zero-order valence-corrected chi connectivity index (χ0v) is 16.6. The summed E-state index contributed by atoms with van der Waals surface area (Å²) in [4.78, 5) is 8.75. The highest BCUT2D eigenvalue weighted by Gasteiger charge is 2.14. The van der Waals surface area contributed by atoms with Crippen molar-refractivity contribution < 1.29 is 8.42 Å². The van der Waals surface area contributed by atoms with E-state index in [9.17, 15) is 8.42 Å². The molecule has 0 saturated heterocycles. The van der Waals surface area contributed by atoms with Crippen molar-refractivity contribution in [3.63, 3.8) is 0 Å². The summed E-state index contributed by atoms with van der Waals surface area (Å²) in [7, 11) is -3.62. The molecule has 0 spiro atoms. The highest BCUT2D eigenvalue weighted by atomic mass is 32.2. The van der Waals surface area contributed by atoms with Crippen molar-refractivity contribution in [3.8, 4) is 6.07 Å². The number of pyridine rings is 1. The lowest BCUT2D eigenvalue weighted by molar-refractivity contribution is 0.568. The van der Waals surface area contributed by atoms with E-state index in [-0.39, 0.29) is 4.90 Å². The summed E-state index contributed by atoms with van der Waals surface area (Å²) in [6.07, 6.45) is 3.18. The lowest BCUT2D eigenvalue weighted by atomic mass is 10.2. The van der Waals surface area contributed by atoms with Crippen molar-refractivity contribution in [2.45, 2.75) is 38.1 Å². The van der Waals surface area contributed by atoms with Gasteiger partial charge >= 0.3 is 0 Å². The third kappa shape index (κ3) is 3.98. The molecule has 2 aromatic heterocycles. The van der Waals surface area contributed by atoms with Crippen LogP contribution in [0.4, 0.5) is 5.82 Å². The minimum absolute atomic E-state index is 0.0984. The van der Waals surface area contributed by atoms with E-state index in [2.05, 4.69) is 14.7 Å². The molecule has 146 valence electrons. The van der Waals surface area contributed by atoms with Crippen molar-refractivity contribution >= 4 is 26.9 Å². The average molecular weight is 398 g/mol. The number of nitrogens with two attached hydrogens (primary N) is 1. The second-order valence-electron chi connectivity index (χ2n) is 6.59. The Kier molecular flexibility index (Phi) is 5.63. The summed E-state index contributed by atoms with van der Waals surface area (Å²) in [6.45, 7) is 4.92. The van der Waals surface area contributed by atoms with Crippen LogP contribution in [-0.2, 0) is 16.6 Å². The molecule has 0 unspecified atom stereocenters. The maximum Gasteiger partial charge on any atom is 0.240 e. The molecular weight excluding hydrogens is 376 g/mol. The van der Waals surface area contributed by atoms with Gasteiger partial charge in [0.15, 0.2) is 5.82 Å². The Balaban J connectivity index is 1.60. The Morgan fingerprint density at radius 2 is 2.07 bits per heavy atom. The van der Waals surface area contributed by atoms with Gasteiger partial charge in [0.1, 0.15) is 5.52 Å². The molecule has 28 heavy (non-hydrogen) atoms. The first-order valence-electron chi connectivity index (χ1n) is 8.91. The van der Waals surface area contributed by atoms with E-state index in [1.54, 1.807) is 18.5 Å². The molecule has 0 bridgehead atoms. The Morgan fingerprint density at radius 3 is 2.82 bits per heavy atom. The molecule has 0 aliphatic carbocycles. The Hall–Kier alpha value is -2.96. The van der Waals surface area contributed by atoms with Gasteiger partial charge in [0, 0.05) is 18.8 Å². The van der Waals surface area contributed by atoms with E-state index in [0.29, 0.717) is 36.4 Å². The monoisotopic (exact) mass is 398 g/mol. The number of anilines is 1. The van der Waals surface area contributed by atoms with E-state index in [0.717, 1.165) is 23.2 Å². The predicted octanol–water partition coefficient (Wildman–Crippen LogP) is 2.26. The number of imidazole rings is 1. The molecule has 9 heteroatoms. The molecule has 8 nitrogen and oxygen atoms in total. The smallest absolute Gasteiger partial charge is 0.240 e. The third-order valence-corrected chi connectivity index (χ3v) is 6.12. The highest BCUT2D eigenvalue weighted by Crippen LogP contribution is 2.24. The normalized spacial score (nSPS) is 11.6. The average Bonchev–Trinajstić information content (AvgIpc) is 3.10. The van der Waals surface area contributed by atoms with Gasteiger partial charge in [-0.2, -0.15) is 5.26 Å². The Bertz CT molecular complexity index is 1160. The molecule has 3 N–H and O–H groups in total. The lowest BCUT2D eigenvalue weighted by Crippen LogP contribution is -2.25. The van der Waals surface area contributed by atoms with Gasteiger partial charge in [-0.3, -0.25) is 0 Å². The van der Waals surface area contributed by atoms with Crippen LogP contribution in [0, 0.1) is 25.2 Å². The van der Waals surface area contributed by atoms with Gasteiger partial charge in [0.05, 0.1) is 28.4 Å².